The van der Waals surface area contributed by atoms with E-state index in [9.17, 15) is 8.78 Å². The third-order valence-electron chi connectivity index (χ3n) is 4.12. The molecule has 0 amide bonds. The number of hydrogen-bond donors (Lipinski definition) is 1. The smallest absolute Gasteiger partial charge is 0.251 e. The topological polar surface area (TPSA) is 53.9 Å². The third kappa shape index (κ3) is 3.00. The van der Waals surface area contributed by atoms with Gasteiger partial charge < -0.3 is 10.2 Å². The van der Waals surface area contributed by atoms with Crippen molar-refractivity contribution in [2.24, 2.45) is 0 Å². The SMILES string of the molecule is Fc1cccc(F)c1Nc1cnnc(N2CCCc3ccccc32)n1. The van der Waals surface area contributed by atoms with Gasteiger partial charge in [0.15, 0.2) is 5.82 Å². The van der Waals surface area contributed by atoms with Crippen LogP contribution < -0.4 is 10.2 Å². The Kier molecular flexibility index (Phi) is 3.97. The fraction of sp³-hybridized carbons (Fsp3) is 0.167. The van der Waals surface area contributed by atoms with Crippen LogP contribution >= 0.6 is 0 Å². The van der Waals surface area contributed by atoms with E-state index in [1.165, 1.54) is 30.0 Å². The van der Waals surface area contributed by atoms with Crippen molar-refractivity contribution < 1.29 is 8.78 Å². The summed E-state index contributed by atoms with van der Waals surface area (Å²) in [5, 5.41) is 10.7. The zero-order valence-electron chi connectivity index (χ0n) is 13.3. The van der Waals surface area contributed by atoms with Gasteiger partial charge in [-0.05, 0) is 36.6 Å². The summed E-state index contributed by atoms with van der Waals surface area (Å²) < 4.78 is 27.6. The maximum Gasteiger partial charge on any atom is 0.251 e. The molecule has 3 aromatic rings. The van der Waals surface area contributed by atoms with Gasteiger partial charge in [0, 0.05) is 12.2 Å². The van der Waals surface area contributed by atoms with Crippen molar-refractivity contribution in [3.8, 4) is 0 Å². The molecular weight excluding hydrogens is 324 g/mol. The Labute approximate surface area is 143 Å². The van der Waals surface area contributed by atoms with Gasteiger partial charge >= 0.3 is 0 Å². The minimum Gasteiger partial charge on any atom is -0.334 e. The van der Waals surface area contributed by atoms with Crippen LogP contribution in [0.1, 0.15) is 12.0 Å². The number of rotatable bonds is 3. The number of aryl methyl sites for hydroxylation is 1. The van der Waals surface area contributed by atoms with Gasteiger partial charge in [-0.2, -0.15) is 10.1 Å². The number of fused-ring (bicyclic) bond motifs is 1. The highest BCUT2D eigenvalue weighted by Crippen LogP contribution is 2.31. The monoisotopic (exact) mass is 339 g/mol. The van der Waals surface area contributed by atoms with E-state index in [0.29, 0.717) is 5.95 Å². The summed E-state index contributed by atoms with van der Waals surface area (Å²) in [5.41, 5.74) is 1.99. The van der Waals surface area contributed by atoms with Crippen LogP contribution in [0.4, 0.5) is 31.9 Å². The second-order valence-corrected chi connectivity index (χ2v) is 5.75. The first-order chi connectivity index (χ1) is 12.2. The number of nitrogens with zero attached hydrogens (tertiary/aromatic N) is 4. The normalized spacial score (nSPS) is 13.4. The lowest BCUT2D eigenvalue weighted by molar-refractivity contribution is 0.590. The van der Waals surface area contributed by atoms with Gasteiger partial charge in [0.2, 0.25) is 0 Å². The van der Waals surface area contributed by atoms with Crippen molar-refractivity contribution >= 4 is 23.1 Å². The summed E-state index contributed by atoms with van der Waals surface area (Å²) in [4.78, 5) is 6.35. The van der Waals surface area contributed by atoms with Gasteiger partial charge in [-0.25, -0.2) is 8.78 Å². The van der Waals surface area contributed by atoms with Gasteiger partial charge in [-0.3, -0.25) is 0 Å². The van der Waals surface area contributed by atoms with Crippen LogP contribution in [0.25, 0.3) is 0 Å². The van der Waals surface area contributed by atoms with Crippen molar-refractivity contribution in [3.05, 3.63) is 65.9 Å². The molecule has 126 valence electrons. The van der Waals surface area contributed by atoms with Crippen LogP contribution in [-0.4, -0.2) is 21.7 Å². The fourth-order valence-corrected chi connectivity index (χ4v) is 2.96. The summed E-state index contributed by atoms with van der Waals surface area (Å²) in [5.74, 6) is -0.752. The van der Waals surface area contributed by atoms with E-state index < -0.39 is 11.6 Å². The van der Waals surface area contributed by atoms with Crippen LogP contribution in [0.15, 0.2) is 48.7 Å². The largest absolute Gasteiger partial charge is 0.334 e. The third-order valence-corrected chi connectivity index (χ3v) is 4.12. The molecule has 1 aromatic heterocycles. The van der Waals surface area contributed by atoms with Crippen LogP contribution in [0, 0.1) is 11.6 Å². The molecule has 5 nitrogen and oxygen atoms in total. The second-order valence-electron chi connectivity index (χ2n) is 5.75. The zero-order valence-corrected chi connectivity index (χ0v) is 13.3. The Morgan fingerprint density at radius 1 is 1.00 bits per heavy atom. The predicted octanol–water partition coefficient (Wildman–Crippen LogP) is 3.98. The Bertz CT molecular complexity index is 895. The molecule has 0 saturated heterocycles. The number of aromatic nitrogens is 3. The first-order valence-electron chi connectivity index (χ1n) is 7.98. The molecule has 1 aliphatic rings. The van der Waals surface area contributed by atoms with Crippen molar-refractivity contribution in [1.29, 1.82) is 0 Å². The summed E-state index contributed by atoms with van der Waals surface area (Å²) in [7, 11) is 0. The Morgan fingerprint density at radius 3 is 2.64 bits per heavy atom. The van der Waals surface area contributed by atoms with Gasteiger partial charge in [-0.15, -0.1) is 5.10 Å². The molecule has 0 spiro atoms. The minimum absolute atomic E-state index is 0.233. The predicted molar refractivity (Wildman–Crippen MR) is 91.2 cm³/mol. The van der Waals surface area contributed by atoms with Gasteiger partial charge in [0.25, 0.3) is 5.95 Å². The van der Waals surface area contributed by atoms with Crippen LogP contribution in [0.3, 0.4) is 0 Å². The lowest BCUT2D eigenvalue weighted by Gasteiger charge is -2.29. The molecule has 0 radical (unpaired) electrons. The van der Waals surface area contributed by atoms with E-state index in [2.05, 4.69) is 26.6 Å². The lowest BCUT2D eigenvalue weighted by Crippen LogP contribution is -2.26. The summed E-state index contributed by atoms with van der Waals surface area (Å²) in [6.45, 7) is 0.760. The molecule has 1 aliphatic heterocycles. The average Bonchev–Trinajstić information content (AvgIpc) is 2.65. The number of anilines is 4. The maximum atomic E-state index is 13.8. The highest BCUT2D eigenvalue weighted by atomic mass is 19.1. The molecule has 0 aliphatic carbocycles. The molecule has 0 saturated carbocycles. The Hall–Kier alpha value is -3.09. The highest BCUT2D eigenvalue weighted by Gasteiger charge is 2.20. The van der Waals surface area contributed by atoms with Crippen molar-refractivity contribution in [2.45, 2.75) is 12.8 Å². The number of halogens is 2. The average molecular weight is 339 g/mol. The van der Waals surface area contributed by atoms with Crippen molar-refractivity contribution in [1.82, 2.24) is 15.2 Å². The van der Waals surface area contributed by atoms with Gasteiger partial charge in [0.1, 0.15) is 17.3 Å². The number of benzene rings is 2. The molecule has 0 unspecified atom stereocenters. The zero-order chi connectivity index (χ0) is 17.2. The molecule has 7 heteroatoms. The molecule has 0 fully saturated rings. The number of para-hydroxylation sites is 2. The maximum absolute atomic E-state index is 13.8. The first kappa shape index (κ1) is 15.4. The van der Waals surface area contributed by atoms with Crippen LogP contribution in [0.5, 0.6) is 0 Å². The van der Waals surface area contributed by atoms with Crippen LogP contribution in [0.2, 0.25) is 0 Å². The van der Waals surface area contributed by atoms with E-state index in [-0.39, 0.29) is 11.5 Å². The number of nitrogens with one attached hydrogen (secondary N) is 1. The standard InChI is InChI=1S/C18H15F2N5/c19-13-7-3-8-14(20)17(13)22-16-11-21-24-18(23-16)25-10-4-6-12-5-1-2-9-15(12)25/h1-3,5,7-9,11H,4,6,10H2,(H,22,23,24). The van der Waals surface area contributed by atoms with Gasteiger partial charge in [0.05, 0.1) is 6.20 Å². The van der Waals surface area contributed by atoms with Crippen LogP contribution in [-0.2, 0) is 6.42 Å². The lowest BCUT2D eigenvalue weighted by atomic mass is 10.0. The first-order valence-corrected chi connectivity index (χ1v) is 7.98. The second kappa shape index (κ2) is 6.43. The Balaban J connectivity index is 1.67. The molecular formula is C18H15F2N5. The van der Waals surface area contributed by atoms with E-state index in [0.717, 1.165) is 25.1 Å². The molecule has 2 heterocycles. The molecule has 1 N–H and O–H groups in total. The quantitative estimate of drug-likeness (QED) is 0.782. The molecule has 25 heavy (non-hydrogen) atoms. The molecule has 0 bridgehead atoms. The van der Waals surface area contributed by atoms with Crippen molar-refractivity contribution in [3.63, 3.8) is 0 Å². The number of hydrogen-bond acceptors (Lipinski definition) is 5. The Morgan fingerprint density at radius 2 is 1.80 bits per heavy atom. The molecule has 0 atom stereocenters. The minimum atomic E-state index is -0.691. The van der Waals surface area contributed by atoms with Crippen molar-refractivity contribution in [2.75, 3.05) is 16.8 Å². The van der Waals surface area contributed by atoms with E-state index in [4.69, 9.17) is 0 Å². The fourth-order valence-electron chi connectivity index (χ4n) is 2.96. The summed E-state index contributed by atoms with van der Waals surface area (Å²) in [6, 6.07) is 11.7. The van der Waals surface area contributed by atoms with E-state index >= 15 is 0 Å². The summed E-state index contributed by atoms with van der Waals surface area (Å²) in [6.07, 6.45) is 3.31. The highest BCUT2D eigenvalue weighted by molar-refractivity contribution is 5.65. The van der Waals surface area contributed by atoms with E-state index in [1.54, 1.807) is 0 Å². The molecule has 4 rings (SSSR count). The molecule has 2 aromatic carbocycles. The summed E-state index contributed by atoms with van der Waals surface area (Å²) >= 11 is 0. The van der Waals surface area contributed by atoms with E-state index in [1.807, 2.05) is 23.1 Å². The van der Waals surface area contributed by atoms with Gasteiger partial charge in [-0.1, -0.05) is 24.3 Å².